The second kappa shape index (κ2) is 9.14. The predicted octanol–water partition coefficient (Wildman–Crippen LogP) is 0.957. The first-order valence-corrected chi connectivity index (χ1v) is 7.93. The summed E-state index contributed by atoms with van der Waals surface area (Å²) in [4.78, 5) is 34.9. The van der Waals surface area contributed by atoms with Crippen molar-refractivity contribution < 1.29 is 28.6 Å². The molecular weight excluding hydrogens is 314 g/mol. The molecule has 1 aliphatic heterocycles. The highest BCUT2D eigenvalue weighted by Crippen LogP contribution is 2.15. The fourth-order valence-electron chi connectivity index (χ4n) is 2.32. The van der Waals surface area contributed by atoms with Gasteiger partial charge in [0.1, 0.15) is 6.04 Å². The van der Waals surface area contributed by atoms with E-state index < -0.39 is 30.1 Å². The topological polar surface area (TPSA) is 90.9 Å². The van der Waals surface area contributed by atoms with Crippen molar-refractivity contribution in [2.24, 2.45) is 0 Å². The normalized spacial score (nSPS) is 19.7. The van der Waals surface area contributed by atoms with E-state index in [1.54, 1.807) is 6.92 Å². The summed E-state index contributed by atoms with van der Waals surface area (Å²) in [6.45, 7) is 2.81. The molecule has 1 N–H and O–H groups in total. The molecule has 1 fully saturated rings. The molecule has 130 valence electrons. The van der Waals surface area contributed by atoms with Crippen LogP contribution in [0.4, 0.5) is 0 Å². The fourth-order valence-corrected chi connectivity index (χ4v) is 2.32. The molecule has 7 heteroatoms. The SMILES string of the molecule is CCCOC(=O)C(=O)OC(=O)[C@H]1NCCC1OCc1ccccc1. The lowest BCUT2D eigenvalue weighted by molar-refractivity contribution is -0.175. The van der Waals surface area contributed by atoms with Crippen LogP contribution in [0.3, 0.4) is 0 Å². The van der Waals surface area contributed by atoms with E-state index in [1.807, 2.05) is 30.3 Å². The summed E-state index contributed by atoms with van der Waals surface area (Å²) in [5, 5.41) is 2.93. The second-order valence-corrected chi connectivity index (χ2v) is 5.40. The van der Waals surface area contributed by atoms with Crippen molar-refractivity contribution in [1.82, 2.24) is 5.32 Å². The van der Waals surface area contributed by atoms with Gasteiger partial charge < -0.3 is 19.5 Å². The highest BCUT2D eigenvalue weighted by molar-refractivity contribution is 6.31. The molecule has 1 unspecified atom stereocenters. The molecule has 0 radical (unpaired) electrons. The zero-order valence-electron chi connectivity index (χ0n) is 13.5. The van der Waals surface area contributed by atoms with Crippen molar-refractivity contribution >= 4 is 17.9 Å². The van der Waals surface area contributed by atoms with E-state index in [2.05, 4.69) is 14.8 Å². The lowest BCUT2D eigenvalue weighted by Crippen LogP contribution is -2.42. The minimum absolute atomic E-state index is 0.104. The van der Waals surface area contributed by atoms with Gasteiger partial charge >= 0.3 is 17.9 Å². The van der Waals surface area contributed by atoms with Gasteiger partial charge in [0.25, 0.3) is 0 Å². The lowest BCUT2D eigenvalue weighted by Gasteiger charge is -2.18. The quantitative estimate of drug-likeness (QED) is 0.470. The number of benzene rings is 1. The third-order valence-corrected chi connectivity index (χ3v) is 3.52. The Kier molecular flexibility index (Phi) is 6.89. The molecule has 24 heavy (non-hydrogen) atoms. The third kappa shape index (κ3) is 5.14. The van der Waals surface area contributed by atoms with Gasteiger partial charge in [-0.1, -0.05) is 37.3 Å². The largest absolute Gasteiger partial charge is 0.457 e. The summed E-state index contributed by atoms with van der Waals surface area (Å²) >= 11 is 0. The van der Waals surface area contributed by atoms with E-state index in [9.17, 15) is 14.4 Å². The Morgan fingerprint density at radius 1 is 1.17 bits per heavy atom. The predicted molar refractivity (Wildman–Crippen MR) is 83.8 cm³/mol. The number of ether oxygens (including phenoxy) is 3. The van der Waals surface area contributed by atoms with Gasteiger partial charge in [-0.25, -0.2) is 14.4 Å². The number of nitrogens with one attached hydrogen (secondary N) is 1. The number of hydrogen-bond donors (Lipinski definition) is 1. The van der Waals surface area contributed by atoms with E-state index in [4.69, 9.17) is 4.74 Å². The van der Waals surface area contributed by atoms with E-state index in [0.717, 1.165) is 5.56 Å². The standard InChI is InChI=1S/C17H21NO6/c1-2-10-22-16(20)17(21)24-15(19)14-13(8-9-18-14)23-11-12-6-4-3-5-7-12/h3-7,13-14,18H,2,8-11H2,1H3/t13?,14-/m0/s1. The molecule has 0 bridgehead atoms. The highest BCUT2D eigenvalue weighted by atomic mass is 16.6. The number of esters is 3. The summed E-state index contributed by atoms with van der Waals surface area (Å²) in [7, 11) is 0. The minimum Gasteiger partial charge on any atom is -0.457 e. The Morgan fingerprint density at radius 3 is 2.62 bits per heavy atom. The molecule has 0 aromatic heterocycles. The zero-order valence-corrected chi connectivity index (χ0v) is 13.5. The van der Waals surface area contributed by atoms with Gasteiger partial charge in [0.05, 0.1) is 19.3 Å². The molecule has 1 aromatic carbocycles. The molecule has 0 spiro atoms. The number of carbonyl (C=O) groups excluding carboxylic acids is 3. The van der Waals surface area contributed by atoms with Gasteiger partial charge in [0.2, 0.25) is 0 Å². The summed E-state index contributed by atoms with van der Waals surface area (Å²) in [6.07, 6.45) is 0.769. The van der Waals surface area contributed by atoms with Crippen molar-refractivity contribution in [1.29, 1.82) is 0 Å². The van der Waals surface area contributed by atoms with Gasteiger partial charge in [0, 0.05) is 0 Å². The van der Waals surface area contributed by atoms with Crippen molar-refractivity contribution in [3.05, 3.63) is 35.9 Å². The van der Waals surface area contributed by atoms with Crippen molar-refractivity contribution in [2.45, 2.75) is 38.5 Å². The summed E-state index contributed by atoms with van der Waals surface area (Å²) in [5.74, 6) is -3.29. The van der Waals surface area contributed by atoms with Crippen LogP contribution in [0.1, 0.15) is 25.3 Å². The van der Waals surface area contributed by atoms with E-state index in [1.165, 1.54) is 0 Å². The van der Waals surface area contributed by atoms with Crippen LogP contribution in [0.2, 0.25) is 0 Å². The molecule has 1 aromatic rings. The molecule has 2 atom stereocenters. The summed E-state index contributed by atoms with van der Waals surface area (Å²) in [5.41, 5.74) is 0.982. The maximum absolute atomic E-state index is 12.1. The van der Waals surface area contributed by atoms with Gasteiger partial charge in [0.15, 0.2) is 0 Å². The minimum atomic E-state index is -1.30. The first-order valence-electron chi connectivity index (χ1n) is 7.93. The van der Waals surface area contributed by atoms with Crippen LogP contribution in [0.25, 0.3) is 0 Å². The molecule has 2 rings (SSSR count). The molecule has 0 aliphatic carbocycles. The van der Waals surface area contributed by atoms with Crippen LogP contribution < -0.4 is 5.32 Å². The molecule has 1 aliphatic rings. The number of carbonyl (C=O) groups is 3. The van der Waals surface area contributed by atoms with Crippen LogP contribution >= 0.6 is 0 Å². The smallest absolute Gasteiger partial charge is 0.425 e. The van der Waals surface area contributed by atoms with Crippen LogP contribution in [0.5, 0.6) is 0 Å². The summed E-state index contributed by atoms with van der Waals surface area (Å²) in [6, 6.07) is 8.77. The second-order valence-electron chi connectivity index (χ2n) is 5.40. The molecule has 1 saturated heterocycles. The average Bonchev–Trinajstić information content (AvgIpc) is 3.07. The molecule has 0 amide bonds. The lowest BCUT2D eigenvalue weighted by atomic mass is 10.1. The van der Waals surface area contributed by atoms with Crippen LogP contribution in [0, 0.1) is 0 Å². The monoisotopic (exact) mass is 335 g/mol. The summed E-state index contributed by atoms with van der Waals surface area (Å²) < 4.78 is 15.0. The Labute approximate surface area is 140 Å². The maximum atomic E-state index is 12.1. The van der Waals surface area contributed by atoms with Crippen LogP contribution in [-0.4, -0.2) is 43.2 Å². The Morgan fingerprint density at radius 2 is 1.92 bits per heavy atom. The third-order valence-electron chi connectivity index (χ3n) is 3.52. The van der Waals surface area contributed by atoms with E-state index in [-0.39, 0.29) is 6.61 Å². The van der Waals surface area contributed by atoms with Gasteiger partial charge in [-0.15, -0.1) is 0 Å². The fraction of sp³-hybridized carbons (Fsp3) is 0.471. The van der Waals surface area contributed by atoms with Crippen LogP contribution in [-0.2, 0) is 35.2 Å². The molecular formula is C17H21NO6. The number of rotatable bonds is 6. The molecule has 7 nitrogen and oxygen atoms in total. The van der Waals surface area contributed by atoms with E-state index in [0.29, 0.717) is 26.0 Å². The van der Waals surface area contributed by atoms with Crippen LogP contribution in [0.15, 0.2) is 30.3 Å². The molecule has 0 saturated carbocycles. The number of hydrogen-bond acceptors (Lipinski definition) is 7. The highest BCUT2D eigenvalue weighted by Gasteiger charge is 2.37. The average molecular weight is 335 g/mol. The Bertz CT molecular complexity index is 574. The van der Waals surface area contributed by atoms with Gasteiger partial charge in [-0.3, -0.25) is 0 Å². The Balaban J connectivity index is 1.84. The van der Waals surface area contributed by atoms with Gasteiger partial charge in [-0.2, -0.15) is 0 Å². The first-order chi connectivity index (χ1) is 11.6. The zero-order chi connectivity index (χ0) is 17.4. The molecule has 1 heterocycles. The van der Waals surface area contributed by atoms with Crippen molar-refractivity contribution in [3.63, 3.8) is 0 Å². The first kappa shape index (κ1) is 18.1. The Hall–Kier alpha value is -2.25. The van der Waals surface area contributed by atoms with Crippen molar-refractivity contribution in [3.8, 4) is 0 Å². The van der Waals surface area contributed by atoms with E-state index >= 15 is 0 Å². The van der Waals surface area contributed by atoms with Crippen molar-refractivity contribution in [2.75, 3.05) is 13.2 Å². The van der Waals surface area contributed by atoms with Gasteiger partial charge in [-0.05, 0) is 24.9 Å². The maximum Gasteiger partial charge on any atom is 0.425 e.